The molecule has 2 rings (SSSR count). The molecule has 0 saturated heterocycles. The summed E-state index contributed by atoms with van der Waals surface area (Å²) in [4.78, 5) is 14.5. The van der Waals surface area contributed by atoms with Gasteiger partial charge in [-0.25, -0.2) is 4.39 Å². The maximum atomic E-state index is 13.4. The minimum absolute atomic E-state index is 0.0780. The van der Waals surface area contributed by atoms with Crippen LogP contribution in [0.3, 0.4) is 0 Å². The lowest BCUT2D eigenvalue weighted by atomic mass is 9.85. The van der Waals surface area contributed by atoms with Gasteiger partial charge in [0.2, 0.25) is 0 Å². The summed E-state index contributed by atoms with van der Waals surface area (Å²) < 4.78 is 13.4. The summed E-state index contributed by atoms with van der Waals surface area (Å²) in [7, 11) is 0. The standard InChI is InChI=1S/C17H21FN2O/c1-2-20(12-13-5-3-6-13)17(21)16-9-8-15(18)11-14(16)7-4-10-19/h8-9,11,13H,2-3,5-6,10,12,19H2,1H3. The van der Waals surface area contributed by atoms with Crippen molar-refractivity contribution in [3.63, 3.8) is 0 Å². The number of amides is 1. The molecule has 0 bridgehead atoms. The second-order valence-corrected chi connectivity index (χ2v) is 5.34. The van der Waals surface area contributed by atoms with Crippen molar-refractivity contribution in [3.05, 3.63) is 35.1 Å². The Morgan fingerprint density at radius 1 is 1.48 bits per heavy atom. The monoisotopic (exact) mass is 288 g/mol. The number of rotatable bonds is 4. The zero-order valence-electron chi connectivity index (χ0n) is 12.4. The van der Waals surface area contributed by atoms with E-state index in [1.54, 1.807) is 0 Å². The maximum Gasteiger partial charge on any atom is 0.255 e. The van der Waals surface area contributed by atoms with Crippen LogP contribution in [0.4, 0.5) is 4.39 Å². The molecule has 0 atom stereocenters. The van der Waals surface area contributed by atoms with Crippen LogP contribution in [-0.4, -0.2) is 30.4 Å². The fourth-order valence-corrected chi connectivity index (χ4v) is 2.47. The highest BCUT2D eigenvalue weighted by Crippen LogP contribution is 2.27. The van der Waals surface area contributed by atoms with E-state index in [9.17, 15) is 9.18 Å². The van der Waals surface area contributed by atoms with Gasteiger partial charge in [-0.1, -0.05) is 18.3 Å². The molecule has 1 aromatic carbocycles. The predicted octanol–water partition coefficient (Wildman–Crippen LogP) is 2.40. The Labute approximate surface area is 125 Å². The highest BCUT2D eigenvalue weighted by molar-refractivity contribution is 5.96. The summed E-state index contributed by atoms with van der Waals surface area (Å²) in [5.41, 5.74) is 6.23. The minimum atomic E-state index is -0.394. The van der Waals surface area contributed by atoms with Crippen LogP contribution in [0.15, 0.2) is 18.2 Å². The van der Waals surface area contributed by atoms with Crippen LogP contribution in [0.25, 0.3) is 0 Å². The molecule has 1 aliphatic rings. The molecule has 1 aliphatic carbocycles. The molecule has 1 amide bonds. The van der Waals surface area contributed by atoms with E-state index >= 15 is 0 Å². The summed E-state index contributed by atoms with van der Waals surface area (Å²) in [6, 6.07) is 4.12. The highest BCUT2D eigenvalue weighted by atomic mass is 19.1. The molecule has 112 valence electrons. The Morgan fingerprint density at radius 3 is 2.81 bits per heavy atom. The molecule has 0 heterocycles. The summed E-state index contributed by atoms with van der Waals surface area (Å²) >= 11 is 0. The van der Waals surface area contributed by atoms with E-state index in [1.807, 2.05) is 11.8 Å². The lowest BCUT2D eigenvalue weighted by Crippen LogP contribution is -2.37. The van der Waals surface area contributed by atoms with Gasteiger partial charge in [0.15, 0.2) is 0 Å². The van der Waals surface area contributed by atoms with Crippen molar-refractivity contribution >= 4 is 5.91 Å². The van der Waals surface area contributed by atoms with Crippen LogP contribution >= 0.6 is 0 Å². The summed E-state index contributed by atoms with van der Waals surface area (Å²) in [5, 5.41) is 0. The van der Waals surface area contributed by atoms with Gasteiger partial charge in [-0.2, -0.15) is 0 Å². The third-order valence-electron chi connectivity index (χ3n) is 3.91. The van der Waals surface area contributed by atoms with Crippen molar-refractivity contribution in [2.24, 2.45) is 11.7 Å². The fraction of sp³-hybridized carbons (Fsp3) is 0.471. The number of hydrogen-bond donors (Lipinski definition) is 1. The van der Waals surface area contributed by atoms with E-state index in [0.29, 0.717) is 23.6 Å². The van der Waals surface area contributed by atoms with Crippen molar-refractivity contribution in [2.75, 3.05) is 19.6 Å². The van der Waals surface area contributed by atoms with Crippen molar-refractivity contribution < 1.29 is 9.18 Å². The molecule has 1 fully saturated rings. The Kier molecular flexibility index (Phi) is 5.35. The van der Waals surface area contributed by atoms with Gasteiger partial charge in [0.25, 0.3) is 5.91 Å². The third-order valence-corrected chi connectivity index (χ3v) is 3.91. The van der Waals surface area contributed by atoms with Gasteiger partial charge in [0, 0.05) is 18.7 Å². The van der Waals surface area contributed by atoms with Gasteiger partial charge < -0.3 is 10.6 Å². The van der Waals surface area contributed by atoms with Crippen molar-refractivity contribution in [1.82, 2.24) is 4.90 Å². The van der Waals surface area contributed by atoms with Gasteiger partial charge in [-0.15, -0.1) is 0 Å². The van der Waals surface area contributed by atoms with Gasteiger partial charge in [-0.05, 0) is 43.9 Å². The molecule has 3 nitrogen and oxygen atoms in total. The second kappa shape index (κ2) is 7.24. The first-order valence-electron chi connectivity index (χ1n) is 7.43. The number of benzene rings is 1. The molecule has 1 saturated carbocycles. The van der Waals surface area contributed by atoms with E-state index < -0.39 is 5.82 Å². The maximum absolute atomic E-state index is 13.4. The first-order chi connectivity index (χ1) is 10.2. The number of nitrogens with two attached hydrogens (primary N) is 1. The van der Waals surface area contributed by atoms with Crippen molar-refractivity contribution in [1.29, 1.82) is 0 Å². The number of carbonyl (C=O) groups is 1. The average molecular weight is 288 g/mol. The largest absolute Gasteiger partial charge is 0.339 e. The van der Waals surface area contributed by atoms with E-state index in [0.717, 1.165) is 6.54 Å². The smallest absolute Gasteiger partial charge is 0.255 e. The lowest BCUT2D eigenvalue weighted by molar-refractivity contribution is 0.0706. The second-order valence-electron chi connectivity index (χ2n) is 5.34. The number of carbonyl (C=O) groups excluding carboxylic acids is 1. The molecular formula is C17H21FN2O. The molecule has 2 N–H and O–H groups in total. The molecule has 0 aromatic heterocycles. The Hall–Kier alpha value is -1.86. The zero-order chi connectivity index (χ0) is 15.2. The SMILES string of the molecule is CCN(CC1CCC1)C(=O)c1ccc(F)cc1C#CCN. The van der Waals surface area contributed by atoms with E-state index in [4.69, 9.17) is 5.73 Å². The molecule has 0 radical (unpaired) electrons. The quantitative estimate of drug-likeness (QED) is 0.865. The zero-order valence-corrected chi connectivity index (χ0v) is 12.4. The van der Waals surface area contributed by atoms with Gasteiger partial charge in [-0.3, -0.25) is 4.79 Å². The molecule has 0 unspecified atom stereocenters. The Morgan fingerprint density at radius 2 is 2.24 bits per heavy atom. The van der Waals surface area contributed by atoms with Crippen LogP contribution < -0.4 is 5.73 Å². The number of hydrogen-bond acceptors (Lipinski definition) is 2. The topological polar surface area (TPSA) is 46.3 Å². The molecule has 21 heavy (non-hydrogen) atoms. The molecule has 0 spiro atoms. The first-order valence-corrected chi connectivity index (χ1v) is 7.43. The summed E-state index contributed by atoms with van der Waals surface area (Å²) in [5.74, 6) is 5.61. The van der Waals surface area contributed by atoms with Crippen LogP contribution in [0.1, 0.15) is 42.1 Å². The van der Waals surface area contributed by atoms with Gasteiger partial charge in [0.1, 0.15) is 5.82 Å². The third kappa shape index (κ3) is 3.83. The van der Waals surface area contributed by atoms with Crippen molar-refractivity contribution in [2.45, 2.75) is 26.2 Å². The van der Waals surface area contributed by atoms with Gasteiger partial charge in [0.05, 0.1) is 12.1 Å². The normalized spacial score (nSPS) is 14.0. The van der Waals surface area contributed by atoms with E-state index in [2.05, 4.69) is 11.8 Å². The number of nitrogens with zero attached hydrogens (tertiary/aromatic N) is 1. The summed E-state index contributed by atoms with van der Waals surface area (Å²) in [6.07, 6.45) is 3.63. The Balaban J connectivity index is 2.23. The molecule has 0 aliphatic heterocycles. The number of halogens is 1. The molecule has 1 aromatic rings. The van der Waals surface area contributed by atoms with Crippen LogP contribution in [0, 0.1) is 23.6 Å². The average Bonchev–Trinajstić information content (AvgIpc) is 2.43. The minimum Gasteiger partial charge on any atom is -0.339 e. The Bertz CT molecular complexity index is 570. The van der Waals surface area contributed by atoms with Crippen LogP contribution in [0.2, 0.25) is 0 Å². The molecular weight excluding hydrogens is 267 g/mol. The van der Waals surface area contributed by atoms with Crippen molar-refractivity contribution in [3.8, 4) is 11.8 Å². The van der Waals surface area contributed by atoms with Crippen LogP contribution in [-0.2, 0) is 0 Å². The fourth-order valence-electron chi connectivity index (χ4n) is 2.47. The van der Waals surface area contributed by atoms with E-state index in [-0.39, 0.29) is 12.5 Å². The van der Waals surface area contributed by atoms with Gasteiger partial charge >= 0.3 is 0 Å². The van der Waals surface area contributed by atoms with Crippen LogP contribution in [0.5, 0.6) is 0 Å². The first kappa shape index (κ1) is 15.5. The lowest BCUT2D eigenvalue weighted by Gasteiger charge is -2.32. The molecule has 4 heteroatoms. The van der Waals surface area contributed by atoms with E-state index in [1.165, 1.54) is 37.5 Å². The highest BCUT2D eigenvalue weighted by Gasteiger charge is 2.24. The summed E-state index contributed by atoms with van der Waals surface area (Å²) in [6.45, 7) is 3.57. The predicted molar refractivity (Wildman–Crippen MR) is 81.3 cm³/mol.